The van der Waals surface area contributed by atoms with Gasteiger partial charge in [-0.1, -0.05) is 0 Å². The molecule has 1 aliphatic heterocycles. The second-order valence-corrected chi connectivity index (χ2v) is 4.24. The molecule has 2 aromatic rings. The quantitative estimate of drug-likeness (QED) is 0.699. The van der Waals surface area contributed by atoms with Gasteiger partial charge < -0.3 is 10.3 Å². The Kier molecular flexibility index (Phi) is 1.83. The molecule has 0 spiro atoms. The summed E-state index contributed by atoms with van der Waals surface area (Å²) in [6, 6.07) is 7.27. The molecule has 3 rings (SSSR count). The first kappa shape index (κ1) is 8.92. The molecule has 3 heteroatoms. The minimum Gasteiger partial charge on any atom is -0.344 e. The van der Waals surface area contributed by atoms with E-state index in [0.717, 1.165) is 30.3 Å². The second-order valence-electron chi connectivity index (χ2n) is 4.24. The SMILES string of the molecule is NC1CCn2c(cc3cc(F)ccc32)C1. The summed E-state index contributed by atoms with van der Waals surface area (Å²) in [6.07, 6.45) is 1.91. The minimum atomic E-state index is -0.172. The Bertz CT molecular complexity index is 516. The van der Waals surface area contributed by atoms with E-state index in [1.54, 1.807) is 6.07 Å². The van der Waals surface area contributed by atoms with E-state index >= 15 is 0 Å². The number of aromatic nitrogens is 1. The van der Waals surface area contributed by atoms with Gasteiger partial charge in [0.15, 0.2) is 0 Å². The molecule has 0 radical (unpaired) electrons. The highest BCUT2D eigenvalue weighted by Gasteiger charge is 2.17. The largest absolute Gasteiger partial charge is 0.344 e. The second kappa shape index (κ2) is 3.07. The number of rotatable bonds is 0. The average Bonchev–Trinajstić information content (AvgIpc) is 2.53. The summed E-state index contributed by atoms with van der Waals surface area (Å²) in [6.45, 7) is 0.950. The van der Waals surface area contributed by atoms with Crippen molar-refractivity contribution in [2.24, 2.45) is 5.73 Å². The van der Waals surface area contributed by atoms with Gasteiger partial charge in [-0.3, -0.25) is 0 Å². The molecule has 15 heavy (non-hydrogen) atoms. The van der Waals surface area contributed by atoms with Crippen LogP contribution >= 0.6 is 0 Å². The fourth-order valence-corrected chi connectivity index (χ4v) is 2.40. The molecule has 2 heterocycles. The molecule has 0 saturated heterocycles. The summed E-state index contributed by atoms with van der Waals surface area (Å²) in [7, 11) is 0. The molecule has 1 aromatic heterocycles. The van der Waals surface area contributed by atoms with Gasteiger partial charge in [-0.15, -0.1) is 0 Å². The molecule has 0 fully saturated rings. The van der Waals surface area contributed by atoms with Gasteiger partial charge in [-0.05, 0) is 30.7 Å². The van der Waals surface area contributed by atoms with Crippen LogP contribution in [0.25, 0.3) is 10.9 Å². The molecule has 1 aromatic carbocycles. The van der Waals surface area contributed by atoms with Crippen LogP contribution in [0.1, 0.15) is 12.1 Å². The van der Waals surface area contributed by atoms with Crippen molar-refractivity contribution in [1.29, 1.82) is 0 Å². The summed E-state index contributed by atoms with van der Waals surface area (Å²) in [5.74, 6) is -0.172. The Labute approximate surface area is 87.5 Å². The number of hydrogen-bond acceptors (Lipinski definition) is 1. The van der Waals surface area contributed by atoms with Gasteiger partial charge in [0.1, 0.15) is 5.82 Å². The molecular weight excluding hydrogens is 191 g/mol. The summed E-state index contributed by atoms with van der Waals surface area (Å²) in [5.41, 5.74) is 8.27. The Morgan fingerprint density at radius 1 is 1.33 bits per heavy atom. The van der Waals surface area contributed by atoms with Gasteiger partial charge in [0.25, 0.3) is 0 Å². The molecular formula is C12H13FN2. The summed E-state index contributed by atoms with van der Waals surface area (Å²) >= 11 is 0. The average molecular weight is 204 g/mol. The van der Waals surface area contributed by atoms with Crippen molar-refractivity contribution >= 4 is 10.9 Å². The van der Waals surface area contributed by atoms with E-state index in [2.05, 4.69) is 10.6 Å². The number of halogens is 1. The number of aryl methyl sites for hydroxylation is 1. The highest BCUT2D eigenvalue weighted by molar-refractivity contribution is 5.81. The molecule has 78 valence electrons. The van der Waals surface area contributed by atoms with Crippen molar-refractivity contribution in [3.05, 3.63) is 35.8 Å². The maximum Gasteiger partial charge on any atom is 0.123 e. The van der Waals surface area contributed by atoms with E-state index < -0.39 is 0 Å². The Morgan fingerprint density at radius 2 is 2.20 bits per heavy atom. The summed E-state index contributed by atoms with van der Waals surface area (Å²) in [5, 5.41) is 0.985. The van der Waals surface area contributed by atoms with Crippen molar-refractivity contribution in [2.45, 2.75) is 25.4 Å². The third kappa shape index (κ3) is 1.35. The van der Waals surface area contributed by atoms with Crippen LogP contribution in [0.4, 0.5) is 4.39 Å². The lowest BCUT2D eigenvalue weighted by molar-refractivity contribution is 0.480. The Balaban J connectivity index is 2.23. The zero-order chi connectivity index (χ0) is 10.4. The van der Waals surface area contributed by atoms with Crippen LogP contribution in [0, 0.1) is 5.82 Å². The molecule has 1 aliphatic rings. The van der Waals surface area contributed by atoms with E-state index in [4.69, 9.17) is 5.73 Å². The van der Waals surface area contributed by atoms with Gasteiger partial charge in [0.05, 0.1) is 0 Å². The first-order valence-electron chi connectivity index (χ1n) is 5.27. The van der Waals surface area contributed by atoms with Crippen LogP contribution in [-0.2, 0) is 13.0 Å². The molecule has 0 aliphatic carbocycles. The highest BCUT2D eigenvalue weighted by atomic mass is 19.1. The smallest absolute Gasteiger partial charge is 0.123 e. The predicted octanol–water partition coefficient (Wildman–Crippen LogP) is 2.05. The van der Waals surface area contributed by atoms with E-state index in [0.29, 0.717) is 0 Å². The first-order chi connectivity index (χ1) is 7.24. The molecule has 2 nitrogen and oxygen atoms in total. The lowest BCUT2D eigenvalue weighted by Gasteiger charge is -2.21. The maximum absolute atomic E-state index is 13.0. The predicted molar refractivity (Wildman–Crippen MR) is 58.2 cm³/mol. The molecule has 1 unspecified atom stereocenters. The van der Waals surface area contributed by atoms with Gasteiger partial charge in [0.2, 0.25) is 0 Å². The van der Waals surface area contributed by atoms with Crippen molar-refractivity contribution < 1.29 is 4.39 Å². The van der Waals surface area contributed by atoms with Crippen LogP contribution in [0.5, 0.6) is 0 Å². The van der Waals surface area contributed by atoms with Crippen molar-refractivity contribution in [3.8, 4) is 0 Å². The highest BCUT2D eigenvalue weighted by Crippen LogP contribution is 2.25. The number of hydrogen-bond donors (Lipinski definition) is 1. The summed E-state index contributed by atoms with van der Waals surface area (Å²) < 4.78 is 15.3. The number of benzene rings is 1. The van der Waals surface area contributed by atoms with Crippen LogP contribution < -0.4 is 5.73 Å². The van der Waals surface area contributed by atoms with Crippen LogP contribution in [0.2, 0.25) is 0 Å². The first-order valence-corrected chi connectivity index (χ1v) is 5.27. The Morgan fingerprint density at radius 3 is 3.07 bits per heavy atom. The standard InChI is InChI=1S/C12H13FN2/c13-9-1-2-12-8(5-9)6-11-7-10(14)3-4-15(11)12/h1-2,5-6,10H,3-4,7,14H2. The molecule has 0 amide bonds. The number of fused-ring (bicyclic) bond motifs is 3. The van der Waals surface area contributed by atoms with Gasteiger partial charge >= 0.3 is 0 Å². The van der Waals surface area contributed by atoms with Gasteiger partial charge in [-0.25, -0.2) is 4.39 Å². The topological polar surface area (TPSA) is 30.9 Å². The maximum atomic E-state index is 13.0. The summed E-state index contributed by atoms with van der Waals surface area (Å²) in [4.78, 5) is 0. The van der Waals surface area contributed by atoms with Gasteiger partial charge in [-0.2, -0.15) is 0 Å². The third-order valence-corrected chi connectivity index (χ3v) is 3.14. The zero-order valence-electron chi connectivity index (χ0n) is 8.41. The number of nitrogens with zero attached hydrogens (tertiary/aromatic N) is 1. The fraction of sp³-hybridized carbons (Fsp3) is 0.333. The monoisotopic (exact) mass is 204 g/mol. The van der Waals surface area contributed by atoms with E-state index in [9.17, 15) is 4.39 Å². The van der Waals surface area contributed by atoms with E-state index in [-0.39, 0.29) is 11.9 Å². The molecule has 0 saturated carbocycles. The lowest BCUT2D eigenvalue weighted by atomic mass is 10.1. The van der Waals surface area contributed by atoms with Crippen molar-refractivity contribution in [2.75, 3.05) is 0 Å². The van der Waals surface area contributed by atoms with E-state index in [1.165, 1.54) is 11.8 Å². The Hall–Kier alpha value is -1.35. The molecule has 2 N–H and O–H groups in total. The fourth-order valence-electron chi connectivity index (χ4n) is 2.40. The van der Waals surface area contributed by atoms with Crippen LogP contribution in [0.15, 0.2) is 24.3 Å². The van der Waals surface area contributed by atoms with Crippen LogP contribution in [-0.4, -0.2) is 10.6 Å². The normalized spacial score (nSPS) is 20.5. The zero-order valence-corrected chi connectivity index (χ0v) is 8.41. The van der Waals surface area contributed by atoms with Crippen molar-refractivity contribution in [1.82, 2.24) is 4.57 Å². The molecule has 0 bridgehead atoms. The van der Waals surface area contributed by atoms with Crippen LogP contribution in [0.3, 0.4) is 0 Å². The third-order valence-electron chi connectivity index (χ3n) is 3.14. The van der Waals surface area contributed by atoms with E-state index in [1.807, 2.05) is 6.07 Å². The van der Waals surface area contributed by atoms with Crippen molar-refractivity contribution in [3.63, 3.8) is 0 Å². The lowest BCUT2D eigenvalue weighted by Crippen LogP contribution is -2.30. The minimum absolute atomic E-state index is 0.172. The number of nitrogens with two attached hydrogens (primary N) is 1. The molecule has 1 atom stereocenters. The van der Waals surface area contributed by atoms with Gasteiger partial charge in [0, 0.05) is 35.6 Å².